The predicted molar refractivity (Wildman–Crippen MR) is 112 cm³/mol. The molecule has 2 heterocycles. The quantitative estimate of drug-likeness (QED) is 0.701. The lowest BCUT2D eigenvalue weighted by Gasteiger charge is -2.26. The number of anilines is 1. The van der Waals surface area contributed by atoms with Gasteiger partial charge in [0.1, 0.15) is 5.82 Å². The van der Waals surface area contributed by atoms with Gasteiger partial charge in [-0.3, -0.25) is 4.79 Å². The van der Waals surface area contributed by atoms with Crippen molar-refractivity contribution in [3.8, 4) is 17.2 Å². The Bertz CT molecular complexity index is 1070. The summed E-state index contributed by atoms with van der Waals surface area (Å²) in [4.78, 5) is 12.6. The normalized spacial score (nSPS) is 15.6. The first-order valence-electron chi connectivity index (χ1n) is 9.78. The number of carbonyl (C=O) groups is 1. The van der Waals surface area contributed by atoms with Crippen LogP contribution in [-0.2, 0) is 4.79 Å². The Hall–Kier alpha value is -3.28. The van der Waals surface area contributed by atoms with E-state index in [-0.39, 0.29) is 11.8 Å². The number of benzene rings is 2. The van der Waals surface area contributed by atoms with E-state index in [0.29, 0.717) is 30.3 Å². The van der Waals surface area contributed by atoms with Crippen molar-refractivity contribution in [2.75, 3.05) is 19.0 Å². The highest BCUT2D eigenvalue weighted by molar-refractivity contribution is 5.95. The number of rotatable bonds is 5. The molecule has 0 spiro atoms. The molecular weight excluding hydrogens is 366 g/mol. The van der Waals surface area contributed by atoms with Gasteiger partial charge in [0.05, 0.1) is 25.6 Å². The van der Waals surface area contributed by atoms with E-state index < -0.39 is 0 Å². The molecule has 6 heteroatoms. The fourth-order valence-electron chi connectivity index (χ4n) is 3.82. The van der Waals surface area contributed by atoms with Crippen molar-refractivity contribution < 1.29 is 14.3 Å². The van der Waals surface area contributed by atoms with Crippen LogP contribution >= 0.6 is 0 Å². The third kappa shape index (κ3) is 3.35. The number of para-hydroxylation sites is 1. The lowest BCUT2D eigenvalue weighted by Crippen LogP contribution is -2.25. The summed E-state index contributed by atoms with van der Waals surface area (Å²) in [7, 11) is 1.62. The maximum absolute atomic E-state index is 12.6. The van der Waals surface area contributed by atoms with Crippen LogP contribution in [0.5, 0.6) is 11.5 Å². The van der Waals surface area contributed by atoms with Gasteiger partial charge in [0.2, 0.25) is 5.91 Å². The molecule has 1 aromatic heterocycles. The van der Waals surface area contributed by atoms with Gasteiger partial charge in [-0.2, -0.15) is 5.10 Å². The molecule has 0 aliphatic carbocycles. The summed E-state index contributed by atoms with van der Waals surface area (Å²) in [5, 5.41) is 7.61. The molecule has 1 N–H and O–H groups in total. The molecular formula is C23H25N3O3. The van der Waals surface area contributed by atoms with E-state index in [9.17, 15) is 4.79 Å². The van der Waals surface area contributed by atoms with E-state index in [1.807, 2.05) is 37.4 Å². The molecule has 2 aromatic carbocycles. The molecule has 0 saturated carbocycles. The first kappa shape index (κ1) is 19.1. The van der Waals surface area contributed by atoms with Crippen molar-refractivity contribution in [2.45, 2.75) is 33.1 Å². The minimum Gasteiger partial charge on any atom is -0.493 e. The van der Waals surface area contributed by atoms with E-state index in [2.05, 4.69) is 36.4 Å². The average Bonchev–Trinajstić information content (AvgIpc) is 3.13. The highest BCUT2D eigenvalue weighted by Crippen LogP contribution is 2.44. The number of fused-ring (bicyclic) bond motifs is 1. The molecule has 3 aromatic rings. The van der Waals surface area contributed by atoms with Gasteiger partial charge in [0, 0.05) is 23.5 Å². The van der Waals surface area contributed by atoms with Gasteiger partial charge < -0.3 is 14.8 Å². The minimum atomic E-state index is -0.157. The SMILES string of the molecule is CCOc1c(OC)cccc1C1CC(=O)Nc2c1cnn2-c1ccc(C)c(C)c1. The topological polar surface area (TPSA) is 65.4 Å². The van der Waals surface area contributed by atoms with E-state index >= 15 is 0 Å². The molecule has 6 nitrogen and oxygen atoms in total. The Labute approximate surface area is 170 Å². The molecule has 1 aliphatic heterocycles. The molecule has 1 unspecified atom stereocenters. The Morgan fingerprint density at radius 3 is 2.72 bits per heavy atom. The molecule has 0 radical (unpaired) electrons. The zero-order valence-electron chi connectivity index (χ0n) is 17.2. The third-order valence-corrected chi connectivity index (χ3v) is 5.45. The first-order chi connectivity index (χ1) is 14.0. The van der Waals surface area contributed by atoms with Crippen LogP contribution in [0.15, 0.2) is 42.6 Å². The first-order valence-corrected chi connectivity index (χ1v) is 9.78. The highest BCUT2D eigenvalue weighted by atomic mass is 16.5. The number of carbonyl (C=O) groups excluding carboxylic acids is 1. The van der Waals surface area contributed by atoms with E-state index in [1.165, 1.54) is 11.1 Å². The molecule has 1 amide bonds. The lowest BCUT2D eigenvalue weighted by atomic mass is 9.86. The van der Waals surface area contributed by atoms with Crippen LogP contribution in [-0.4, -0.2) is 29.4 Å². The molecule has 4 rings (SSSR count). The van der Waals surface area contributed by atoms with E-state index in [4.69, 9.17) is 9.47 Å². The monoisotopic (exact) mass is 391 g/mol. The van der Waals surface area contributed by atoms with Crippen LogP contribution in [0.25, 0.3) is 5.69 Å². The summed E-state index contributed by atoms with van der Waals surface area (Å²) in [6, 6.07) is 12.0. The van der Waals surface area contributed by atoms with Gasteiger partial charge in [-0.15, -0.1) is 0 Å². The van der Waals surface area contributed by atoms with Crippen molar-refractivity contribution in [3.05, 3.63) is 64.8 Å². The van der Waals surface area contributed by atoms with Crippen molar-refractivity contribution in [3.63, 3.8) is 0 Å². The van der Waals surface area contributed by atoms with Gasteiger partial charge in [-0.1, -0.05) is 18.2 Å². The van der Waals surface area contributed by atoms with Crippen LogP contribution < -0.4 is 14.8 Å². The summed E-state index contributed by atoms with van der Waals surface area (Å²) < 4.78 is 13.2. The average molecular weight is 391 g/mol. The predicted octanol–water partition coefficient (Wildman–Crippen LogP) is 4.37. The summed E-state index contributed by atoms with van der Waals surface area (Å²) >= 11 is 0. The molecule has 0 saturated heterocycles. The molecule has 150 valence electrons. The van der Waals surface area contributed by atoms with Crippen LogP contribution in [0.4, 0.5) is 5.82 Å². The number of amides is 1. The summed E-state index contributed by atoms with van der Waals surface area (Å²) in [5.74, 6) is 1.86. The Morgan fingerprint density at radius 2 is 2.00 bits per heavy atom. The zero-order chi connectivity index (χ0) is 20.5. The third-order valence-electron chi connectivity index (χ3n) is 5.45. The maximum Gasteiger partial charge on any atom is 0.226 e. The maximum atomic E-state index is 12.6. The van der Waals surface area contributed by atoms with Gasteiger partial charge in [-0.25, -0.2) is 4.68 Å². The standard InChI is InChI=1S/C23H25N3O3/c1-5-29-22-17(7-6-8-20(22)28-4)18-12-21(27)25-23-19(18)13-24-26(23)16-10-9-14(2)15(3)11-16/h6-11,13,18H,5,12H2,1-4H3,(H,25,27). The van der Waals surface area contributed by atoms with Crippen LogP contribution in [0.3, 0.4) is 0 Å². The number of nitrogens with zero attached hydrogens (tertiary/aromatic N) is 2. The van der Waals surface area contributed by atoms with Gasteiger partial charge in [0.15, 0.2) is 11.5 Å². The lowest BCUT2D eigenvalue weighted by molar-refractivity contribution is -0.116. The minimum absolute atomic E-state index is 0.0432. The zero-order valence-corrected chi connectivity index (χ0v) is 17.2. The number of ether oxygens (including phenoxy) is 2. The van der Waals surface area contributed by atoms with Crippen molar-refractivity contribution in [1.82, 2.24) is 9.78 Å². The molecule has 1 atom stereocenters. The van der Waals surface area contributed by atoms with Crippen LogP contribution in [0.2, 0.25) is 0 Å². The highest BCUT2D eigenvalue weighted by Gasteiger charge is 2.33. The fraction of sp³-hybridized carbons (Fsp3) is 0.304. The number of aromatic nitrogens is 2. The van der Waals surface area contributed by atoms with Gasteiger partial charge in [0.25, 0.3) is 0 Å². The number of nitrogens with one attached hydrogen (secondary N) is 1. The Balaban J connectivity index is 1.84. The molecule has 0 bridgehead atoms. The second-order valence-corrected chi connectivity index (χ2v) is 7.25. The number of hydrogen-bond donors (Lipinski definition) is 1. The van der Waals surface area contributed by atoms with Crippen LogP contribution in [0, 0.1) is 13.8 Å². The van der Waals surface area contributed by atoms with Crippen molar-refractivity contribution in [1.29, 1.82) is 0 Å². The summed E-state index contributed by atoms with van der Waals surface area (Å²) in [6.07, 6.45) is 2.17. The second kappa shape index (κ2) is 7.62. The van der Waals surface area contributed by atoms with Gasteiger partial charge >= 0.3 is 0 Å². The Kier molecular flexibility index (Phi) is 5.01. The smallest absolute Gasteiger partial charge is 0.226 e. The molecule has 0 fully saturated rings. The number of aryl methyl sites for hydroxylation is 2. The number of hydrogen-bond acceptors (Lipinski definition) is 4. The molecule has 1 aliphatic rings. The fourth-order valence-corrected chi connectivity index (χ4v) is 3.82. The summed E-state index contributed by atoms with van der Waals surface area (Å²) in [6.45, 7) is 6.60. The molecule has 29 heavy (non-hydrogen) atoms. The van der Waals surface area contributed by atoms with Crippen molar-refractivity contribution >= 4 is 11.7 Å². The summed E-state index contributed by atoms with van der Waals surface area (Å²) in [5.41, 5.74) is 5.22. The van der Waals surface area contributed by atoms with Crippen LogP contribution in [0.1, 0.15) is 41.5 Å². The largest absolute Gasteiger partial charge is 0.493 e. The van der Waals surface area contributed by atoms with Gasteiger partial charge in [-0.05, 0) is 50.1 Å². The Morgan fingerprint density at radius 1 is 1.17 bits per heavy atom. The number of methoxy groups -OCH3 is 1. The van der Waals surface area contributed by atoms with E-state index in [0.717, 1.165) is 16.8 Å². The van der Waals surface area contributed by atoms with Crippen molar-refractivity contribution in [2.24, 2.45) is 0 Å². The second-order valence-electron chi connectivity index (χ2n) is 7.25. The van der Waals surface area contributed by atoms with E-state index in [1.54, 1.807) is 11.8 Å².